The molecule has 0 aromatic heterocycles. The SMILES string of the molecule is COc1ccc(CCC(=O)c2c(O)cc(OC)c3c2OC(c2ccc(O)cc2)C(C/C=C/c2ccc(O)cc2)C3)cc1. The molecule has 2 unspecified atom stereocenters. The van der Waals surface area contributed by atoms with Gasteiger partial charge in [0.05, 0.1) is 14.2 Å². The van der Waals surface area contributed by atoms with Crippen LogP contribution in [0.5, 0.6) is 34.5 Å². The first-order valence-electron chi connectivity index (χ1n) is 13.9. The number of benzene rings is 4. The maximum Gasteiger partial charge on any atom is 0.170 e. The maximum atomic E-state index is 13.6. The summed E-state index contributed by atoms with van der Waals surface area (Å²) in [6.45, 7) is 0. The van der Waals surface area contributed by atoms with Crippen LogP contribution in [0.2, 0.25) is 0 Å². The van der Waals surface area contributed by atoms with Crippen LogP contribution in [0.25, 0.3) is 6.08 Å². The van der Waals surface area contributed by atoms with Gasteiger partial charge in [-0.25, -0.2) is 0 Å². The molecule has 42 heavy (non-hydrogen) atoms. The summed E-state index contributed by atoms with van der Waals surface area (Å²) >= 11 is 0. The number of Topliss-reactive ketones (excluding diaryl/α,β-unsaturated/α-hetero) is 1. The van der Waals surface area contributed by atoms with Gasteiger partial charge in [-0.05, 0) is 72.4 Å². The number of rotatable bonds is 10. The molecule has 0 spiro atoms. The number of ether oxygens (including phenoxy) is 3. The average Bonchev–Trinajstić information content (AvgIpc) is 3.01. The standard InChI is InChI=1S/C35H34O7/c1-40-28-17-8-23(9-18-28)10-19-30(38)33-31(39)21-32(41-2)29-20-25(5-3-4-22-6-13-26(36)14-7-22)34(42-35(29)33)24-11-15-27(37)16-12-24/h3-4,6-9,11-18,21,25,34,36-37,39H,5,10,19-20H2,1-2H3/b4-3+. The van der Waals surface area contributed by atoms with Crippen molar-refractivity contribution in [2.45, 2.75) is 31.8 Å². The molecule has 1 heterocycles. The van der Waals surface area contributed by atoms with Crippen LogP contribution in [0.4, 0.5) is 0 Å². The molecule has 216 valence electrons. The Bertz CT molecular complexity index is 1560. The quantitative estimate of drug-likeness (QED) is 0.177. The van der Waals surface area contributed by atoms with E-state index in [9.17, 15) is 20.1 Å². The fraction of sp³-hybridized carbons (Fsp3) is 0.229. The predicted molar refractivity (Wildman–Crippen MR) is 161 cm³/mol. The van der Waals surface area contributed by atoms with E-state index in [-0.39, 0.29) is 40.9 Å². The Labute approximate surface area is 245 Å². The number of phenols is 3. The Kier molecular flexibility index (Phi) is 8.67. The Morgan fingerprint density at radius 2 is 1.57 bits per heavy atom. The van der Waals surface area contributed by atoms with Gasteiger partial charge < -0.3 is 29.5 Å². The predicted octanol–water partition coefficient (Wildman–Crippen LogP) is 7.03. The molecule has 4 aromatic rings. The first kappa shape index (κ1) is 28.6. The average molecular weight is 567 g/mol. The zero-order valence-electron chi connectivity index (χ0n) is 23.6. The lowest BCUT2D eigenvalue weighted by atomic mass is 9.82. The molecular weight excluding hydrogens is 532 g/mol. The molecule has 3 N–H and O–H groups in total. The third kappa shape index (κ3) is 6.36. The third-order valence-electron chi connectivity index (χ3n) is 7.62. The normalized spacial score (nSPS) is 16.0. The lowest BCUT2D eigenvalue weighted by Gasteiger charge is -2.35. The van der Waals surface area contributed by atoms with Crippen molar-refractivity contribution in [2.24, 2.45) is 5.92 Å². The van der Waals surface area contributed by atoms with Crippen molar-refractivity contribution in [2.75, 3.05) is 14.2 Å². The summed E-state index contributed by atoms with van der Waals surface area (Å²) in [7, 11) is 3.14. The molecule has 0 aliphatic carbocycles. The highest BCUT2D eigenvalue weighted by Gasteiger charge is 2.36. The number of aromatic hydroxyl groups is 3. The molecule has 0 saturated carbocycles. The summed E-state index contributed by atoms with van der Waals surface area (Å²) in [5.74, 6) is 1.46. The smallest absolute Gasteiger partial charge is 0.170 e. The summed E-state index contributed by atoms with van der Waals surface area (Å²) in [4.78, 5) is 13.6. The van der Waals surface area contributed by atoms with E-state index < -0.39 is 6.10 Å². The maximum absolute atomic E-state index is 13.6. The van der Waals surface area contributed by atoms with Crippen LogP contribution in [-0.2, 0) is 12.8 Å². The molecule has 4 aromatic carbocycles. The van der Waals surface area contributed by atoms with Crippen LogP contribution in [0.3, 0.4) is 0 Å². The highest BCUT2D eigenvalue weighted by atomic mass is 16.5. The van der Waals surface area contributed by atoms with Gasteiger partial charge in [0, 0.05) is 24.0 Å². The minimum atomic E-state index is -0.442. The molecular formula is C35H34O7. The topological polar surface area (TPSA) is 105 Å². The van der Waals surface area contributed by atoms with Crippen molar-refractivity contribution >= 4 is 11.9 Å². The zero-order valence-corrected chi connectivity index (χ0v) is 23.6. The molecule has 0 bridgehead atoms. The molecule has 5 rings (SSSR count). The van der Waals surface area contributed by atoms with E-state index in [4.69, 9.17) is 14.2 Å². The van der Waals surface area contributed by atoms with Crippen LogP contribution in [0.1, 0.15) is 51.6 Å². The van der Waals surface area contributed by atoms with Gasteiger partial charge in [0.2, 0.25) is 0 Å². The Hall–Kier alpha value is -4.91. The van der Waals surface area contributed by atoms with E-state index in [1.54, 1.807) is 31.4 Å². The van der Waals surface area contributed by atoms with E-state index in [1.807, 2.05) is 54.6 Å². The van der Waals surface area contributed by atoms with E-state index in [1.165, 1.54) is 13.2 Å². The van der Waals surface area contributed by atoms with Crippen LogP contribution >= 0.6 is 0 Å². The van der Waals surface area contributed by atoms with Gasteiger partial charge in [-0.1, -0.05) is 48.6 Å². The van der Waals surface area contributed by atoms with Gasteiger partial charge >= 0.3 is 0 Å². The van der Waals surface area contributed by atoms with Crippen LogP contribution < -0.4 is 14.2 Å². The summed E-state index contributed by atoms with van der Waals surface area (Å²) in [5, 5.41) is 30.5. The van der Waals surface area contributed by atoms with Gasteiger partial charge in [-0.2, -0.15) is 0 Å². The lowest BCUT2D eigenvalue weighted by molar-refractivity contribution is 0.0933. The summed E-state index contributed by atoms with van der Waals surface area (Å²) in [6, 6.07) is 22.9. The molecule has 0 radical (unpaired) electrons. The van der Waals surface area contributed by atoms with Gasteiger partial charge in [-0.15, -0.1) is 0 Å². The highest BCUT2D eigenvalue weighted by Crippen LogP contribution is 2.49. The molecule has 0 amide bonds. The number of ketones is 1. The first-order chi connectivity index (χ1) is 20.4. The van der Waals surface area contributed by atoms with Gasteiger partial charge in [0.1, 0.15) is 46.2 Å². The van der Waals surface area contributed by atoms with Crippen molar-refractivity contribution in [3.05, 3.63) is 113 Å². The second-order valence-electron chi connectivity index (χ2n) is 10.4. The Morgan fingerprint density at radius 3 is 2.21 bits per heavy atom. The summed E-state index contributed by atoms with van der Waals surface area (Å²) in [5.41, 5.74) is 3.68. The van der Waals surface area contributed by atoms with E-state index in [0.717, 1.165) is 28.0 Å². The first-order valence-corrected chi connectivity index (χ1v) is 13.9. The zero-order chi connectivity index (χ0) is 29.6. The fourth-order valence-electron chi connectivity index (χ4n) is 5.38. The van der Waals surface area contributed by atoms with E-state index >= 15 is 0 Å². The van der Waals surface area contributed by atoms with Crippen molar-refractivity contribution in [3.8, 4) is 34.5 Å². The molecule has 0 fully saturated rings. The van der Waals surface area contributed by atoms with E-state index in [2.05, 4.69) is 6.08 Å². The monoisotopic (exact) mass is 566 g/mol. The van der Waals surface area contributed by atoms with Gasteiger partial charge in [0.25, 0.3) is 0 Å². The number of carbonyl (C=O) groups excluding carboxylic acids is 1. The minimum Gasteiger partial charge on any atom is -0.508 e. The van der Waals surface area contributed by atoms with Crippen molar-refractivity contribution < 1.29 is 34.3 Å². The van der Waals surface area contributed by atoms with Gasteiger partial charge in [0.15, 0.2) is 5.78 Å². The largest absolute Gasteiger partial charge is 0.508 e. The second-order valence-corrected chi connectivity index (χ2v) is 10.4. The van der Waals surface area contributed by atoms with Crippen LogP contribution in [0, 0.1) is 5.92 Å². The van der Waals surface area contributed by atoms with Gasteiger partial charge in [-0.3, -0.25) is 4.79 Å². The summed E-state index contributed by atoms with van der Waals surface area (Å²) in [6.07, 6.45) is 5.49. The molecule has 2 atom stereocenters. The number of carbonyl (C=O) groups is 1. The van der Waals surface area contributed by atoms with Crippen molar-refractivity contribution in [1.29, 1.82) is 0 Å². The number of hydrogen-bond acceptors (Lipinski definition) is 7. The fourth-order valence-corrected chi connectivity index (χ4v) is 5.38. The molecule has 1 aliphatic heterocycles. The molecule has 0 saturated heterocycles. The third-order valence-corrected chi connectivity index (χ3v) is 7.62. The molecule has 7 nitrogen and oxygen atoms in total. The minimum absolute atomic E-state index is 0.0314. The molecule has 1 aliphatic rings. The Morgan fingerprint density at radius 1 is 0.905 bits per heavy atom. The van der Waals surface area contributed by atoms with E-state index in [0.29, 0.717) is 30.8 Å². The van der Waals surface area contributed by atoms with Crippen LogP contribution in [0.15, 0.2) is 84.9 Å². The number of fused-ring (bicyclic) bond motifs is 1. The number of aryl methyl sites for hydroxylation is 1. The Balaban J connectivity index is 1.46. The van der Waals surface area contributed by atoms with Crippen LogP contribution in [-0.4, -0.2) is 35.3 Å². The number of methoxy groups -OCH3 is 2. The molecule has 7 heteroatoms. The highest BCUT2D eigenvalue weighted by molar-refractivity contribution is 6.02. The number of allylic oxidation sites excluding steroid dienone is 1. The lowest BCUT2D eigenvalue weighted by Crippen LogP contribution is -2.27. The van der Waals surface area contributed by atoms with Crippen molar-refractivity contribution in [1.82, 2.24) is 0 Å². The number of phenolic OH excluding ortho intramolecular Hbond substituents is 3. The van der Waals surface area contributed by atoms with Crippen molar-refractivity contribution in [3.63, 3.8) is 0 Å². The second kappa shape index (κ2) is 12.7. The number of hydrogen-bond donors (Lipinski definition) is 3. The summed E-state index contributed by atoms with van der Waals surface area (Å²) < 4.78 is 17.5.